The third-order valence-corrected chi connectivity index (χ3v) is 1.83. The van der Waals surface area contributed by atoms with E-state index in [-0.39, 0.29) is 0 Å². The summed E-state index contributed by atoms with van der Waals surface area (Å²) in [5.41, 5.74) is 2.89. The van der Waals surface area contributed by atoms with Gasteiger partial charge in [-0.2, -0.15) is 0 Å². The molecule has 0 aliphatic carbocycles. The first-order valence-electron chi connectivity index (χ1n) is 4.59. The molecule has 0 amide bonds. The van der Waals surface area contributed by atoms with Gasteiger partial charge in [-0.25, -0.2) is 0 Å². The summed E-state index contributed by atoms with van der Waals surface area (Å²) in [6.07, 6.45) is 9.82. The standard InChI is InChI=1S/C12H20/c1-5-8-12(6-2)10-7-9-11(3)4/h5-6,9H,1,7-8,10H2,2-4H3. The van der Waals surface area contributed by atoms with E-state index in [0.29, 0.717) is 0 Å². The molecular weight excluding hydrogens is 144 g/mol. The molecule has 0 rings (SSSR count). The van der Waals surface area contributed by atoms with E-state index in [9.17, 15) is 0 Å². The summed E-state index contributed by atoms with van der Waals surface area (Å²) in [5, 5.41) is 0. The van der Waals surface area contributed by atoms with Gasteiger partial charge in [-0.15, -0.1) is 6.58 Å². The molecule has 68 valence electrons. The van der Waals surface area contributed by atoms with Gasteiger partial charge in [0.05, 0.1) is 0 Å². The Bertz CT molecular complexity index is 178. The summed E-state index contributed by atoms with van der Waals surface area (Å²) in [5.74, 6) is 0. The highest BCUT2D eigenvalue weighted by molar-refractivity contribution is 5.07. The van der Waals surface area contributed by atoms with Crippen LogP contribution in [0.3, 0.4) is 0 Å². The molecule has 0 N–H and O–H groups in total. The van der Waals surface area contributed by atoms with Crippen LogP contribution in [-0.4, -0.2) is 0 Å². The van der Waals surface area contributed by atoms with Crippen LogP contribution in [0, 0.1) is 0 Å². The summed E-state index contributed by atoms with van der Waals surface area (Å²) in [4.78, 5) is 0. The second-order valence-corrected chi connectivity index (χ2v) is 3.26. The Balaban J connectivity index is 3.74. The summed E-state index contributed by atoms with van der Waals surface area (Å²) < 4.78 is 0. The molecule has 0 nitrogen and oxygen atoms in total. The number of rotatable bonds is 5. The molecule has 0 aromatic carbocycles. The quantitative estimate of drug-likeness (QED) is 0.533. The van der Waals surface area contributed by atoms with Gasteiger partial charge >= 0.3 is 0 Å². The fraction of sp³-hybridized carbons (Fsp3) is 0.500. The van der Waals surface area contributed by atoms with Crippen LogP contribution in [0.25, 0.3) is 0 Å². The normalized spacial score (nSPS) is 11.1. The third-order valence-electron chi connectivity index (χ3n) is 1.83. The Morgan fingerprint density at radius 1 is 1.33 bits per heavy atom. The van der Waals surface area contributed by atoms with Gasteiger partial charge in [0.15, 0.2) is 0 Å². The zero-order valence-corrected chi connectivity index (χ0v) is 8.56. The fourth-order valence-corrected chi connectivity index (χ4v) is 1.10. The van der Waals surface area contributed by atoms with Crippen LogP contribution in [0.1, 0.15) is 40.0 Å². The van der Waals surface area contributed by atoms with Crippen molar-refractivity contribution in [3.63, 3.8) is 0 Å². The van der Waals surface area contributed by atoms with Gasteiger partial charge in [0.1, 0.15) is 0 Å². The van der Waals surface area contributed by atoms with Crippen molar-refractivity contribution in [1.29, 1.82) is 0 Å². The van der Waals surface area contributed by atoms with Crippen molar-refractivity contribution >= 4 is 0 Å². The Morgan fingerprint density at radius 3 is 2.42 bits per heavy atom. The Hall–Kier alpha value is -0.780. The molecule has 0 unspecified atom stereocenters. The lowest BCUT2D eigenvalue weighted by Crippen LogP contribution is -1.80. The molecule has 0 saturated carbocycles. The molecule has 0 aliphatic rings. The fourth-order valence-electron chi connectivity index (χ4n) is 1.10. The highest BCUT2D eigenvalue weighted by Crippen LogP contribution is 2.11. The van der Waals surface area contributed by atoms with E-state index in [1.807, 2.05) is 6.08 Å². The first-order valence-corrected chi connectivity index (χ1v) is 4.59. The first-order chi connectivity index (χ1) is 5.70. The van der Waals surface area contributed by atoms with E-state index in [1.165, 1.54) is 17.6 Å². The number of allylic oxidation sites excluding steroid dienone is 5. The highest BCUT2D eigenvalue weighted by atomic mass is 14.0. The lowest BCUT2D eigenvalue weighted by molar-refractivity contribution is 0.929. The van der Waals surface area contributed by atoms with Gasteiger partial charge in [-0.1, -0.05) is 29.4 Å². The number of hydrogen-bond donors (Lipinski definition) is 0. The van der Waals surface area contributed by atoms with Crippen molar-refractivity contribution in [1.82, 2.24) is 0 Å². The van der Waals surface area contributed by atoms with Crippen LogP contribution in [-0.2, 0) is 0 Å². The SMILES string of the molecule is C=CCC(=CC)CCC=C(C)C. The monoisotopic (exact) mass is 164 g/mol. The lowest BCUT2D eigenvalue weighted by atomic mass is 10.1. The van der Waals surface area contributed by atoms with E-state index in [0.717, 1.165) is 12.8 Å². The van der Waals surface area contributed by atoms with Gasteiger partial charge in [-0.05, 0) is 40.0 Å². The zero-order chi connectivity index (χ0) is 9.40. The average Bonchev–Trinajstić information content (AvgIpc) is 2.02. The minimum absolute atomic E-state index is 1.03. The topological polar surface area (TPSA) is 0 Å². The van der Waals surface area contributed by atoms with E-state index < -0.39 is 0 Å². The van der Waals surface area contributed by atoms with E-state index in [1.54, 1.807) is 0 Å². The summed E-state index contributed by atoms with van der Waals surface area (Å²) in [7, 11) is 0. The van der Waals surface area contributed by atoms with Gasteiger partial charge in [0.2, 0.25) is 0 Å². The third kappa shape index (κ3) is 5.96. The van der Waals surface area contributed by atoms with E-state index >= 15 is 0 Å². The summed E-state index contributed by atoms with van der Waals surface area (Å²) in [6, 6.07) is 0. The Kier molecular flexibility index (Phi) is 6.45. The maximum Gasteiger partial charge on any atom is -0.0142 e. The smallest absolute Gasteiger partial charge is 0.0142 e. The van der Waals surface area contributed by atoms with Crippen LogP contribution in [0.4, 0.5) is 0 Å². The van der Waals surface area contributed by atoms with Crippen LogP contribution in [0.2, 0.25) is 0 Å². The minimum Gasteiger partial charge on any atom is -0.103 e. The molecule has 0 fully saturated rings. The van der Waals surface area contributed by atoms with Crippen molar-refractivity contribution in [3.05, 3.63) is 36.0 Å². The predicted octanol–water partition coefficient (Wildman–Crippen LogP) is 4.26. The van der Waals surface area contributed by atoms with Crippen LogP contribution < -0.4 is 0 Å². The molecule has 0 atom stereocenters. The summed E-state index contributed by atoms with van der Waals surface area (Å²) in [6.45, 7) is 10.1. The van der Waals surface area contributed by atoms with Crippen molar-refractivity contribution in [3.8, 4) is 0 Å². The molecule has 0 aromatic rings. The molecule has 0 saturated heterocycles. The number of hydrogen-bond acceptors (Lipinski definition) is 0. The van der Waals surface area contributed by atoms with Gasteiger partial charge in [-0.3, -0.25) is 0 Å². The zero-order valence-electron chi connectivity index (χ0n) is 8.56. The lowest BCUT2D eigenvalue weighted by Gasteiger charge is -2.00. The Morgan fingerprint density at radius 2 is 2.00 bits per heavy atom. The molecule has 0 aliphatic heterocycles. The predicted molar refractivity (Wildman–Crippen MR) is 57.2 cm³/mol. The largest absolute Gasteiger partial charge is 0.103 e. The average molecular weight is 164 g/mol. The Labute approximate surface area is 76.7 Å². The van der Waals surface area contributed by atoms with Crippen molar-refractivity contribution in [2.45, 2.75) is 40.0 Å². The van der Waals surface area contributed by atoms with Gasteiger partial charge < -0.3 is 0 Å². The van der Waals surface area contributed by atoms with Crippen LogP contribution in [0.15, 0.2) is 36.0 Å². The van der Waals surface area contributed by atoms with E-state index in [2.05, 4.69) is 39.5 Å². The molecular formula is C12H20. The van der Waals surface area contributed by atoms with E-state index in [4.69, 9.17) is 0 Å². The molecule has 0 aromatic heterocycles. The molecule has 12 heavy (non-hydrogen) atoms. The molecule has 0 radical (unpaired) electrons. The maximum atomic E-state index is 3.74. The van der Waals surface area contributed by atoms with Crippen LogP contribution >= 0.6 is 0 Å². The molecule has 0 heteroatoms. The molecule has 0 heterocycles. The van der Waals surface area contributed by atoms with Gasteiger partial charge in [0, 0.05) is 0 Å². The minimum atomic E-state index is 1.03. The first kappa shape index (κ1) is 11.2. The van der Waals surface area contributed by atoms with Gasteiger partial charge in [0.25, 0.3) is 0 Å². The molecule has 0 bridgehead atoms. The molecule has 0 spiro atoms. The van der Waals surface area contributed by atoms with Crippen molar-refractivity contribution in [2.75, 3.05) is 0 Å². The van der Waals surface area contributed by atoms with Crippen LogP contribution in [0.5, 0.6) is 0 Å². The van der Waals surface area contributed by atoms with Crippen molar-refractivity contribution in [2.24, 2.45) is 0 Å². The second kappa shape index (κ2) is 6.90. The maximum absolute atomic E-state index is 3.74. The second-order valence-electron chi connectivity index (χ2n) is 3.26. The van der Waals surface area contributed by atoms with Crippen molar-refractivity contribution < 1.29 is 0 Å². The highest BCUT2D eigenvalue weighted by Gasteiger charge is 1.91. The summed E-state index contributed by atoms with van der Waals surface area (Å²) >= 11 is 0.